The first kappa shape index (κ1) is 12.7. The van der Waals surface area contributed by atoms with Crippen LogP contribution in [-0.2, 0) is 6.54 Å². The number of hydrogen-bond donors (Lipinski definition) is 0. The van der Waals surface area contributed by atoms with Crippen LogP contribution in [0.25, 0.3) is 0 Å². The molecule has 104 valence electrons. The van der Waals surface area contributed by atoms with Gasteiger partial charge in [-0.2, -0.15) is 5.10 Å². The van der Waals surface area contributed by atoms with Crippen molar-refractivity contribution in [1.29, 1.82) is 0 Å². The Bertz CT molecular complexity index is 456. The summed E-state index contributed by atoms with van der Waals surface area (Å²) < 4.78 is 1.86. The molecule has 3 heterocycles. The first-order valence-corrected chi connectivity index (χ1v) is 7.34. The Morgan fingerprint density at radius 3 is 3.16 bits per heavy atom. The molecular formula is C14H22N4O. The van der Waals surface area contributed by atoms with Gasteiger partial charge in [0, 0.05) is 38.4 Å². The maximum atomic E-state index is 12.4. The average molecular weight is 262 g/mol. The van der Waals surface area contributed by atoms with Crippen molar-refractivity contribution in [2.75, 3.05) is 26.2 Å². The molecule has 0 unspecified atom stereocenters. The number of carbonyl (C=O) groups excluding carboxylic acids is 1. The summed E-state index contributed by atoms with van der Waals surface area (Å²) in [5, 5.41) is 4.37. The second kappa shape index (κ2) is 5.33. The molecule has 0 aromatic carbocycles. The molecule has 0 spiro atoms. The van der Waals surface area contributed by atoms with Gasteiger partial charge in [0.05, 0.1) is 0 Å². The number of carbonyl (C=O) groups is 1. The average Bonchev–Trinajstić information content (AvgIpc) is 3.05. The third-order valence-electron chi connectivity index (χ3n) is 4.19. The van der Waals surface area contributed by atoms with Crippen molar-refractivity contribution >= 4 is 5.91 Å². The fourth-order valence-corrected chi connectivity index (χ4v) is 3.17. The van der Waals surface area contributed by atoms with Crippen LogP contribution in [0.5, 0.6) is 0 Å². The molecule has 0 bridgehead atoms. The van der Waals surface area contributed by atoms with Crippen molar-refractivity contribution in [2.45, 2.75) is 38.8 Å². The molecule has 0 aliphatic carbocycles. The van der Waals surface area contributed by atoms with Crippen LogP contribution in [0, 0.1) is 0 Å². The number of piperazine rings is 1. The van der Waals surface area contributed by atoms with Crippen LogP contribution in [-0.4, -0.2) is 57.7 Å². The van der Waals surface area contributed by atoms with Gasteiger partial charge in [0.1, 0.15) is 5.69 Å². The highest BCUT2D eigenvalue weighted by atomic mass is 16.2. The zero-order valence-corrected chi connectivity index (χ0v) is 11.6. The van der Waals surface area contributed by atoms with Crippen molar-refractivity contribution < 1.29 is 4.79 Å². The molecule has 19 heavy (non-hydrogen) atoms. The summed E-state index contributed by atoms with van der Waals surface area (Å²) in [5.74, 6) is 0.0985. The molecule has 2 fully saturated rings. The number of amides is 1. The van der Waals surface area contributed by atoms with Gasteiger partial charge in [0.2, 0.25) is 0 Å². The number of nitrogens with zero attached hydrogens (tertiary/aromatic N) is 4. The number of fused-ring (bicyclic) bond motifs is 1. The zero-order valence-electron chi connectivity index (χ0n) is 11.6. The van der Waals surface area contributed by atoms with Crippen LogP contribution in [0.15, 0.2) is 12.3 Å². The second-order valence-corrected chi connectivity index (χ2v) is 5.55. The fraction of sp³-hybridized carbons (Fsp3) is 0.714. The zero-order chi connectivity index (χ0) is 13.2. The highest BCUT2D eigenvalue weighted by Crippen LogP contribution is 2.22. The van der Waals surface area contributed by atoms with E-state index in [1.165, 1.54) is 19.4 Å². The van der Waals surface area contributed by atoms with Gasteiger partial charge in [0.25, 0.3) is 5.91 Å². The normalized spacial score (nSPS) is 23.6. The van der Waals surface area contributed by atoms with Crippen molar-refractivity contribution in [3.63, 3.8) is 0 Å². The standard InChI is InChI=1S/C14H22N4O/c1-2-6-18-8-5-13(15-18)14(19)17-10-9-16-7-3-4-12(16)11-17/h5,8,12H,2-4,6-7,9-11H2,1H3/t12-/m1/s1. The van der Waals surface area contributed by atoms with Crippen LogP contribution < -0.4 is 0 Å². The maximum absolute atomic E-state index is 12.4. The predicted octanol–water partition coefficient (Wildman–Crippen LogP) is 1.21. The van der Waals surface area contributed by atoms with Crippen molar-refractivity contribution in [3.8, 4) is 0 Å². The Kier molecular flexibility index (Phi) is 3.55. The van der Waals surface area contributed by atoms with Crippen LogP contribution >= 0.6 is 0 Å². The molecule has 2 saturated heterocycles. The van der Waals surface area contributed by atoms with Gasteiger partial charge >= 0.3 is 0 Å². The number of aryl methyl sites for hydroxylation is 1. The second-order valence-electron chi connectivity index (χ2n) is 5.55. The fourth-order valence-electron chi connectivity index (χ4n) is 3.17. The van der Waals surface area contributed by atoms with Gasteiger partial charge in [-0.05, 0) is 31.9 Å². The lowest BCUT2D eigenvalue weighted by molar-refractivity contribution is 0.0565. The minimum Gasteiger partial charge on any atom is -0.334 e. The molecule has 0 radical (unpaired) electrons. The van der Waals surface area contributed by atoms with E-state index >= 15 is 0 Å². The van der Waals surface area contributed by atoms with Gasteiger partial charge in [-0.1, -0.05) is 6.92 Å². The van der Waals surface area contributed by atoms with E-state index in [1.807, 2.05) is 21.8 Å². The molecule has 1 aromatic heterocycles. The largest absolute Gasteiger partial charge is 0.334 e. The summed E-state index contributed by atoms with van der Waals surface area (Å²) in [6, 6.07) is 2.43. The number of rotatable bonds is 3. The molecule has 2 aliphatic rings. The van der Waals surface area contributed by atoms with E-state index in [0.29, 0.717) is 11.7 Å². The molecule has 1 aromatic rings. The summed E-state index contributed by atoms with van der Waals surface area (Å²) >= 11 is 0. The number of hydrogen-bond acceptors (Lipinski definition) is 3. The molecule has 3 rings (SSSR count). The van der Waals surface area contributed by atoms with E-state index in [0.717, 1.165) is 32.6 Å². The topological polar surface area (TPSA) is 41.4 Å². The van der Waals surface area contributed by atoms with E-state index in [4.69, 9.17) is 0 Å². The molecule has 2 aliphatic heterocycles. The first-order valence-electron chi connectivity index (χ1n) is 7.34. The molecule has 0 N–H and O–H groups in total. The quantitative estimate of drug-likeness (QED) is 0.822. The first-order chi connectivity index (χ1) is 9.28. The molecule has 5 nitrogen and oxygen atoms in total. The monoisotopic (exact) mass is 262 g/mol. The van der Waals surface area contributed by atoms with Gasteiger partial charge in [-0.3, -0.25) is 14.4 Å². The Balaban J connectivity index is 1.66. The lowest BCUT2D eigenvalue weighted by Crippen LogP contribution is -2.52. The Labute approximate surface area is 114 Å². The van der Waals surface area contributed by atoms with Crippen molar-refractivity contribution in [2.24, 2.45) is 0 Å². The highest BCUT2D eigenvalue weighted by molar-refractivity contribution is 5.92. The lowest BCUT2D eigenvalue weighted by atomic mass is 10.1. The minimum absolute atomic E-state index is 0.0985. The molecule has 0 saturated carbocycles. The van der Waals surface area contributed by atoms with Crippen molar-refractivity contribution in [3.05, 3.63) is 18.0 Å². The smallest absolute Gasteiger partial charge is 0.274 e. The molecule has 1 atom stereocenters. The molecule has 5 heteroatoms. The minimum atomic E-state index is 0.0985. The molecule has 1 amide bonds. The highest BCUT2D eigenvalue weighted by Gasteiger charge is 2.33. The Morgan fingerprint density at radius 2 is 2.32 bits per heavy atom. The van der Waals surface area contributed by atoms with E-state index in [1.54, 1.807) is 0 Å². The van der Waals surface area contributed by atoms with Gasteiger partial charge in [0.15, 0.2) is 0 Å². The Hall–Kier alpha value is -1.36. The summed E-state index contributed by atoms with van der Waals surface area (Å²) in [6.07, 6.45) is 5.45. The van der Waals surface area contributed by atoms with Gasteiger partial charge < -0.3 is 4.90 Å². The molecular weight excluding hydrogens is 240 g/mol. The van der Waals surface area contributed by atoms with E-state index in [9.17, 15) is 4.79 Å². The van der Waals surface area contributed by atoms with Gasteiger partial charge in [-0.25, -0.2) is 0 Å². The SMILES string of the molecule is CCCn1ccc(C(=O)N2CCN3CCC[C@@H]3C2)n1. The maximum Gasteiger partial charge on any atom is 0.274 e. The number of aromatic nitrogens is 2. The summed E-state index contributed by atoms with van der Waals surface area (Å²) in [4.78, 5) is 16.9. The predicted molar refractivity (Wildman–Crippen MR) is 73.0 cm³/mol. The van der Waals surface area contributed by atoms with Crippen LogP contribution in [0.3, 0.4) is 0 Å². The third kappa shape index (κ3) is 2.52. The summed E-state index contributed by atoms with van der Waals surface area (Å²) in [7, 11) is 0. The summed E-state index contributed by atoms with van der Waals surface area (Å²) in [5.41, 5.74) is 0.597. The third-order valence-corrected chi connectivity index (χ3v) is 4.19. The van der Waals surface area contributed by atoms with Crippen LogP contribution in [0.2, 0.25) is 0 Å². The van der Waals surface area contributed by atoms with E-state index in [2.05, 4.69) is 16.9 Å². The Morgan fingerprint density at radius 1 is 1.42 bits per heavy atom. The summed E-state index contributed by atoms with van der Waals surface area (Å²) in [6.45, 7) is 6.94. The van der Waals surface area contributed by atoms with Gasteiger partial charge in [-0.15, -0.1) is 0 Å². The van der Waals surface area contributed by atoms with Crippen LogP contribution in [0.4, 0.5) is 0 Å². The van der Waals surface area contributed by atoms with Crippen LogP contribution in [0.1, 0.15) is 36.7 Å². The van der Waals surface area contributed by atoms with E-state index < -0.39 is 0 Å². The van der Waals surface area contributed by atoms with E-state index in [-0.39, 0.29) is 5.91 Å². The van der Waals surface area contributed by atoms with Crippen molar-refractivity contribution in [1.82, 2.24) is 19.6 Å². The lowest BCUT2D eigenvalue weighted by Gasteiger charge is -2.37.